The van der Waals surface area contributed by atoms with E-state index in [2.05, 4.69) is 34.4 Å². The van der Waals surface area contributed by atoms with Crippen LogP contribution >= 0.6 is 11.8 Å². The number of nitrogens with zero attached hydrogens (tertiary/aromatic N) is 4. The summed E-state index contributed by atoms with van der Waals surface area (Å²) in [5, 5.41) is 6.34. The van der Waals surface area contributed by atoms with Gasteiger partial charge in [-0.2, -0.15) is 16.9 Å². The quantitative estimate of drug-likeness (QED) is 0.651. The molecule has 2 aliphatic heterocycles. The molecular weight excluding hydrogens is 356 g/mol. The van der Waals surface area contributed by atoms with Gasteiger partial charge in [-0.05, 0) is 38.7 Å². The van der Waals surface area contributed by atoms with Crippen molar-refractivity contribution in [3.63, 3.8) is 0 Å². The van der Waals surface area contributed by atoms with Crippen LogP contribution in [-0.2, 0) is 4.79 Å². The Kier molecular flexibility index (Phi) is 11.2. The SMILES string of the molecule is C/C=C\C1=CC2C=CC=CN(C2)N=C1.CCN=C(CSC)C(=O)N(C)CC. The van der Waals surface area contributed by atoms with Crippen LogP contribution < -0.4 is 0 Å². The molecule has 0 spiro atoms. The van der Waals surface area contributed by atoms with Crippen LogP contribution in [0.25, 0.3) is 0 Å². The zero-order valence-electron chi connectivity index (χ0n) is 17.1. The summed E-state index contributed by atoms with van der Waals surface area (Å²) in [5.74, 6) is 1.22. The Morgan fingerprint density at radius 2 is 2.22 bits per heavy atom. The Morgan fingerprint density at radius 1 is 1.44 bits per heavy atom. The molecule has 0 saturated heterocycles. The number of carbonyl (C=O) groups excluding carboxylic acids is 1. The Morgan fingerprint density at radius 3 is 2.85 bits per heavy atom. The minimum absolute atomic E-state index is 0.0544. The molecule has 0 fully saturated rings. The number of aliphatic imine (C=N–C) groups is 1. The summed E-state index contributed by atoms with van der Waals surface area (Å²) >= 11 is 1.63. The second-order valence-corrected chi connectivity index (χ2v) is 6.96. The van der Waals surface area contributed by atoms with Crippen molar-refractivity contribution in [2.24, 2.45) is 16.0 Å². The Bertz CT molecular complexity index is 647. The van der Waals surface area contributed by atoms with Crippen LogP contribution in [0, 0.1) is 5.92 Å². The summed E-state index contributed by atoms with van der Waals surface area (Å²) in [6.45, 7) is 8.27. The Hall–Kier alpha value is -2.08. The molecule has 0 aromatic heterocycles. The molecule has 0 aliphatic carbocycles. The average Bonchev–Trinajstić information content (AvgIpc) is 3.02. The monoisotopic (exact) mass is 388 g/mol. The lowest BCUT2D eigenvalue weighted by Gasteiger charge is -2.15. The summed E-state index contributed by atoms with van der Waals surface area (Å²) in [6, 6.07) is 0. The maximum atomic E-state index is 11.6. The second kappa shape index (κ2) is 13.1. The zero-order chi connectivity index (χ0) is 20.1. The van der Waals surface area contributed by atoms with Crippen LogP contribution in [0.15, 0.2) is 58.3 Å². The predicted molar refractivity (Wildman–Crippen MR) is 120 cm³/mol. The van der Waals surface area contributed by atoms with Gasteiger partial charge in [-0.15, -0.1) is 0 Å². The number of rotatable bonds is 6. The number of fused-ring (bicyclic) bond motifs is 2. The average molecular weight is 389 g/mol. The van der Waals surface area contributed by atoms with Gasteiger partial charge in [0.25, 0.3) is 5.91 Å². The fourth-order valence-electron chi connectivity index (χ4n) is 2.48. The van der Waals surface area contributed by atoms with E-state index in [1.54, 1.807) is 23.7 Å². The molecule has 0 aromatic rings. The van der Waals surface area contributed by atoms with Crippen LogP contribution in [-0.4, -0.2) is 66.4 Å². The third-order valence-corrected chi connectivity index (χ3v) is 4.51. The van der Waals surface area contributed by atoms with Crippen molar-refractivity contribution in [3.8, 4) is 0 Å². The maximum absolute atomic E-state index is 11.6. The first-order valence-electron chi connectivity index (χ1n) is 9.33. The minimum Gasteiger partial charge on any atom is -0.341 e. The van der Waals surface area contributed by atoms with Crippen LogP contribution in [0.1, 0.15) is 20.8 Å². The highest BCUT2D eigenvalue weighted by Gasteiger charge is 2.13. The van der Waals surface area contributed by atoms with Gasteiger partial charge in [-0.3, -0.25) is 14.8 Å². The van der Waals surface area contributed by atoms with Crippen molar-refractivity contribution in [1.29, 1.82) is 0 Å². The molecule has 0 saturated carbocycles. The molecule has 1 amide bonds. The highest BCUT2D eigenvalue weighted by Crippen LogP contribution is 2.15. The van der Waals surface area contributed by atoms with Crippen molar-refractivity contribution in [3.05, 3.63) is 48.2 Å². The molecule has 1 atom stereocenters. The molecule has 2 bridgehead atoms. The van der Waals surface area contributed by atoms with Gasteiger partial charge < -0.3 is 4.90 Å². The van der Waals surface area contributed by atoms with Crippen molar-refractivity contribution in [2.45, 2.75) is 20.8 Å². The largest absolute Gasteiger partial charge is 0.341 e. The predicted octanol–water partition coefficient (Wildman–Crippen LogP) is 3.78. The van der Waals surface area contributed by atoms with E-state index in [1.165, 1.54) is 5.57 Å². The number of hydrazone groups is 1. The molecule has 1 unspecified atom stereocenters. The van der Waals surface area contributed by atoms with E-state index in [4.69, 9.17) is 0 Å². The lowest BCUT2D eigenvalue weighted by molar-refractivity contribution is -0.122. The standard InChI is InChI=1S/C12H14N2.C9H18N2OS/c1-2-5-11-8-12-6-3-4-7-14(10-12)13-9-11;1-5-10-8(7-13-4)9(12)11(3)6-2/h2-9,12H,10H2,1H3;5-7H2,1-4H3/b5-2-;. The maximum Gasteiger partial charge on any atom is 0.268 e. The van der Waals surface area contributed by atoms with E-state index in [-0.39, 0.29) is 5.91 Å². The third kappa shape index (κ3) is 8.43. The fraction of sp³-hybridized carbons (Fsp3) is 0.476. The van der Waals surface area contributed by atoms with Gasteiger partial charge in [-0.25, -0.2) is 0 Å². The van der Waals surface area contributed by atoms with Crippen LogP contribution in [0.5, 0.6) is 0 Å². The Balaban J connectivity index is 0.000000271. The summed E-state index contributed by atoms with van der Waals surface area (Å²) < 4.78 is 0. The first kappa shape index (κ1) is 23.0. The van der Waals surface area contributed by atoms with Crippen molar-refractivity contribution >= 4 is 29.6 Å². The lowest BCUT2D eigenvalue weighted by Crippen LogP contribution is -2.34. The van der Waals surface area contributed by atoms with Crippen LogP contribution in [0.4, 0.5) is 0 Å². The summed E-state index contributed by atoms with van der Waals surface area (Å²) in [6.07, 6.45) is 18.5. The van der Waals surface area contributed by atoms with Gasteiger partial charge in [0.05, 0.1) is 12.8 Å². The number of hydrogen-bond donors (Lipinski definition) is 0. The second-order valence-electron chi connectivity index (χ2n) is 6.10. The van der Waals surface area contributed by atoms with Gasteiger partial charge in [-0.1, -0.05) is 30.4 Å². The zero-order valence-corrected chi connectivity index (χ0v) is 17.9. The van der Waals surface area contributed by atoms with E-state index < -0.39 is 0 Å². The molecular formula is C21H32N4OS. The molecule has 0 radical (unpaired) electrons. The van der Waals surface area contributed by atoms with Gasteiger partial charge in [0.2, 0.25) is 0 Å². The first-order valence-corrected chi connectivity index (χ1v) is 10.7. The van der Waals surface area contributed by atoms with Crippen molar-refractivity contribution in [1.82, 2.24) is 9.91 Å². The highest BCUT2D eigenvalue weighted by atomic mass is 32.2. The normalized spacial score (nSPS) is 18.6. The van der Waals surface area contributed by atoms with E-state index in [9.17, 15) is 4.79 Å². The van der Waals surface area contributed by atoms with Gasteiger partial charge in [0.1, 0.15) is 5.71 Å². The van der Waals surface area contributed by atoms with Gasteiger partial charge in [0, 0.05) is 38.0 Å². The summed E-state index contributed by atoms with van der Waals surface area (Å²) in [5.41, 5.74) is 1.86. The molecule has 2 aliphatic rings. The number of hydrogen-bond acceptors (Lipinski definition) is 5. The Labute approximate surface area is 168 Å². The van der Waals surface area contributed by atoms with E-state index in [0.717, 1.165) is 13.1 Å². The van der Waals surface area contributed by atoms with E-state index in [1.807, 2.05) is 56.6 Å². The molecule has 148 valence electrons. The molecule has 2 rings (SSSR count). The van der Waals surface area contributed by atoms with Crippen LogP contribution in [0.2, 0.25) is 0 Å². The van der Waals surface area contributed by atoms with Crippen molar-refractivity contribution in [2.75, 3.05) is 38.7 Å². The van der Waals surface area contributed by atoms with Crippen LogP contribution in [0.3, 0.4) is 0 Å². The van der Waals surface area contributed by atoms with Crippen molar-refractivity contribution < 1.29 is 4.79 Å². The van der Waals surface area contributed by atoms with E-state index in [0.29, 0.717) is 23.9 Å². The molecule has 5 nitrogen and oxygen atoms in total. The lowest BCUT2D eigenvalue weighted by atomic mass is 10.1. The number of allylic oxidation sites excluding steroid dienone is 5. The molecule has 6 heteroatoms. The summed E-state index contributed by atoms with van der Waals surface area (Å²) in [4.78, 5) is 17.5. The summed E-state index contributed by atoms with van der Waals surface area (Å²) in [7, 11) is 1.80. The fourth-order valence-corrected chi connectivity index (χ4v) is 2.96. The molecule has 0 N–H and O–H groups in total. The number of thioether (sulfide) groups is 1. The van der Waals surface area contributed by atoms with E-state index >= 15 is 0 Å². The van der Waals surface area contributed by atoms with Gasteiger partial charge >= 0.3 is 0 Å². The number of amides is 1. The topological polar surface area (TPSA) is 48.3 Å². The minimum atomic E-state index is 0.0544. The molecule has 27 heavy (non-hydrogen) atoms. The smallest absolute Gasteiger partial charge is 0.268 e. The highest BCUT2D eigenvalue weighted by molar-refractivity contribution is 7.99. The molecule has 2 heterocycles. The molecule has 0 aromatic carbocycles. The third-order valence-electron chi connectivity index (χ3n) is 3.94. The number of carbonyl (C=O) groups is 1. The first-order chi connectivity index (χ1) is 13.0. The van der Waals surface area contributed by atoms with Gasteiger partial charge in [0.15, 0.2) is 0 Å².